The Balaban J connectivity index is 1.62. The van der Waals surface area contributed by atoms with Crippen molar-refractivity contribution in [3.05, 3.63) is 110 Å². The van der Waals surface area contributed by atoms with E-state index in [4.69, 9.17) is 4.42 Å². The first-order chi connectivity index (χ1) is 18.1. The molecule has 0 bridgehead atoms. The molecule has 0 spiro atoms. The van der Waals surface area contributed by atoms with E-state index in [0.29, 0.717) is 16.7 Å². The molecule has 1 aliphatic rings. The van der Waals surface area contributed by atoms with Crippen LogP contribution in [0, 0.1) is 10.1 Å². The summed E-state index contributed by atoms with van der Waals surface area (Å²) in [5.41, 5.74) is 4.22. The number of aromatic hydroxyl groups is 1. The van der Waals surface area contributed by atoms with Crippen LogP contribution in [0.4, 0.5) is 17.1 Å². The lowest BCUT2D eigenvalue weighted by atomic mass is 9.81. The van der Waals surface area contributed by atoms with Crippen LogP contribution in [0.3, 0.4) is 0 Å². The fourth-order valence-electron chi connectivity index (χ4n) is 4.97. The number of benzene rings is 3. The van der Waals surface area contributed by atoms with Crippen LogP contribution in [-0.4, -0.2) is 34.4 Å². The lowest BCUT2D eigenvalue weighted by Gasteiger charge is -2.15. The first-order valence-electron chi connectivity index (χ1n) is 12.2. The van der Waals surface area contributed by atoms with Crippen molar-refractivity contribution in [2.75, 3.05) is 19.0 Å². The number of para-hydroxylation sites is 1. The van der Waals surface area contributed by atoms with Crippen molar-refractivity contribution >= 4 is 39.8 Å². The van der Waals surface area contributed by atoms with E-state index in [1.807, 2.05) is 78.2 Å². The molecule has 0 saturated heterocycles. The first kappa shape index (κ1) is 25.0. The highest BCUT2D eigenvalue weighted by molar-refractivity contribution is 6.05. The SMILES string of the molecule is CN(C)c1ccc2cc(C=CC3=[N+](Cc4cc([N+](=O)[O-])ccc4O)c4ccccc4C3(C)C)c(=O)oc2c1. The molecule has 38 heavy (non-hydrogen) atoms. The van der Waals surface area contributed by atoms with Crippen LogP contribution < -0.4 is 10.5 Å². The molecule has 0 aliphatic carbocycles. The molecule has 8 heteroatoms. The molecule has 0 saturated carbocycles. The number of fused-ring (bicyclic) bond motifs is 2. The van der Waals surface area contributed by atoms with Crippen LogP contribution in [0.5, 0.6) is 5.75 Å². The monoisotopic (exact) mass is 510 g/mol. The molecular formula is C30H28N3O5+. The topological polar surface area (TPSA) is 99.8 Å². The Morgan fingerprint density at radius 2 is 1.82 bits per heavy atom. The van der Waals surface area contributed by atoms with Gasteiger partial charge in [0.1, 0.15) is 11.3 Å². The number of rotatable bonds is 6. The quantitative estimate of drug-likeness (QED) is 0.153. The molecule has 1 aliphatic heterocycles. The first-order valence-corrected chi connectivity index (χ1v) is 12.2. The Morgan fingerprint density at radius 1 is 1.05 bits per heavy atom. The molecule has 0 atom stereocenters. The Hall–Kier alpha value is -4.72. The van der Waals surface area contributed by atoms with Crippen LogP contribution in [0.25, 0.3) is 17.0 Å². The predicted molar refractivity (Wildman–Crippen MR) is 149 cm³/mol. The molecule has 0 radical (unpaired) electrons. The number of nitrogens with zero attached hydrogens (tertiary/aromatic N) is 3. The van der Waals surface area contributed by atoms with E-state index in [-0.39, 0.29) is 18.0 Å². The van der Waals surface area contributed by atoms with Crippen LogP contribution in [-0.2, 0) is 12.0 Å². The molecule has 192 valence electrons. The third kappa shape index (κ3) is 4.34. The van der Waals surface area contributed by atoms with Crippen LogP contribution in [0.1, 0.15) is 30.5 Å². The number of allylic oxidation sites excluding steroid dienone is 1. The average Bonchev–Trinajstić information content (AvgIpc) is 3.09. The summed E-state index contributed by atoms with van der Waals surface area (Å²) in [6, 6.07) is 19.5. The minimum Gasteiger partial charge on any atom is -0.507 e. The molecule has 0 unspecified atom stereocenters. The number of non-ortho nitro benzene ring substituents is 1. The van der Waals surface area contributed by atoms with Crippen molar-refractivity contribution in [1.29, 1.82) is 0 Å². The van der Waals surface area contributed by atoms with E-state index < -0.39 is 16.0 Å². The number of nitro benzene ring substituents is 1. The minimum absolute atomic E-state index is 0.0200. The molecule has 1 N–H and O–H groups in total. The Morgan fingerprint density at radius 3 is 2.55 bits per heavy atom. The van der Waals surface area contributed by atoms with Gasteiger partial charge in [-0.2, -0.15) is 4.58 Å². The van der Waals surface area contributed by atoms with Crippen molar-refractivity contribution in [3.8, 4) is 5.75 Å². The lowest BCUT2D eigenvalue weighted by molar-refractivity contribution is -0.455. The highest BCUT2D eigenvalue weighted by Gasteiger charge is 2.44. The van der Waals surface area contributed by atoms with Gasteiger partial charge in [-0.05, 0) is 44.2 Å². The summed E-state index contributed by atoms with van der Waals surface area (Å²) >= 11 is 0. The van der Waals surface area contributed by atoms with Gasteiger partial charge >= 0.3 is 5.63 Å². The maximum atomic E-state index is 12.9. The second kappa shape index (κ2) is 9.30. The minimum atomic E-state index is -0.476. The normalized spacial score (nSPS) is 14.3. The largest absolute Gasteiger partial charge is 0.507 e. The van der Waals surface area contributed by atoms with E-state index in [1.54, 1.807) is 6.08 Å². The second-order valence-corrected chi connectivity index (χ2v) is 10.1. The van der Waals surface area contributed by atoms with Crippen molar-refractivity contribution in [2.24, 2.45) is 0 Å². The number of phenols is 1. The van der Waals surface area contributed by atoms with Crippen LogP contribution in [0.2, 0.25) is 0 Å². The van der Waals surface area contributed by atoms with Crippen molar-refractivity contribution < 1.29 is 19.0 Å². The zero-order chi connectivity index (χ0) is 27.2. The van der Waals surface area contributed by atoms with Gasteiger partial charge in [0.15, 0.2) is 12.3 Å². The van der Waals surface area contributed by atoms with E-state index >= 15 is 0 Å². The molecule has 1 aromatic heterocycles. The average molecular weight is 511 g/mol. The van der Waals surface area contributed by atoms with Gasteiger partial charge in [-0.15, -0.1) is 0 Å². The molecule has 4 aromatic rings. The van der Waals surface area contributed by atoms with Gasteiger partial charge in [-0.3, -0.25) is 10.1 Å². The van der Waals surface area contributed by atoms with E-state index in [2.05, 4.69) is 13.8 Å². The molecule has 8 nitrogen and oxygen atoms in total. The summed E-state index contributed by atoms with van der Waals surface area (Å²) in [6.45, 7) is 4.39. The molecule has 0 amide bonds. The second-order valence-electron chi connectivity index (χ2n) is 10.1. The fraction of sp³-hybridized carbons (Fsp3) is 0.200. The van der Waals surface area contributed by atoms with Crippen molar-refractivity contribution in [1.82, 2.24) is 0 Å². The van der Waals surface area contributed by atoms with Gasteiger partial charge in [-0.1, -0.05) is 18.2 Å². The Bertz CT molecular complexity index is 1710. The number of hydrogen-bond donors (Lipinski definition) is 1. The summed E-state index contributed by atoms with van der Waals surface area (Å²) in [7, 11) is 3.85. The fourth-order valence-corrected chi connectivity index (χ4v) is 4.97. The number of anilines is 1. The lowest BCUT2D eigenvalue weighted by Crippen LogP contribution is -2.27. The van der Waals surface area contributed by atoms with E-state index in [1.165, 1.54) is 18.2 Å². The zero-order valence-electron chi connectivity index (χ0n) is 21.6. The third-order valence-electron chi connectivity index (χ3n) is 7.09. The highest BCUT2D eigenvalue weighted by Crippen LogP contribution is 2.41. The zero-order valence-corrected chi connectivity index (χ0v) is 21.6. The van der Waals surface area contributed by atoms with Gasteiger partial charge in [0, 0.05) is 61.1 Å². The summed E-state index contributed by atoms with van der Waals surface area (Å²) in [4.78, 5) is 25.7. The predicted octanol–water partition coefficient (Wildman–Crippen LogP) is 5.76. The summed E-state index contributed by atoms with van der Waals surface area (Å²) in [5, 5.41) is 22.7. The molecule has 3 aromatic carbocycles. The van der Waals surface area contributed by atoms with Gasteiger partial charge in [-0.25, -0.2) is 4.79 Å². The third-order valence-corrected chi connectivity index (χ3v) is 7.09. The van der Waals surface area contributed by atoms with Gasteiger partial charge in [0.25, 0.3) is 5.69 Å². The molecule has 2 heterocycles. The maximum absolute atomic E-state index is 12.9. The van der Waals surface area contributed by atoms with E-state index in [0.717, 1.165) is 28.0 Å². The number of phenolic OH excluding ortho intramolecular Hbond substituents is 1. The highest BCUT2D eigenvalue weighted by atomic mass is 16.6. The van der Waals surface area contributed by atoms with Crippen molar-refractivity contribution in [2.45, 2.75) is 25.8 Å². The number of hydrogen-bond acceptors (Lipinski definition) is 6. The Labute approximate surface area is 219 Å². The van der Waals surface area contributed by atoms with Crippen LogP contribution in [0.15, 0.2) is 82.0 Å². The van der Waals surface area contributed by atoms with Gasteiger partial charge in [0.05, 0.1) is 21.5 Å². The summed E-state index contributed by atoms with van der Waals surface area (Å²) in [6.07, 6.45) is 3.63. The van der Waals surface area contributed by atoms with Gasteiger partial charge < -0.3 is 14.4 Å². The molecule has 5 rings (SSSR count). The van der Waals surface area contributed by atoms with Gasteiger partial charge in [0.2, 0.25) is 5.69 Å². The Kier molecular flexibility index (Phi) is 6.11. The smallest absolute Gasteiger partial charge is 0.343 e. The number of nitro groups is 1. The standard InChI is InChI=1S/C30H27N3O5/c1-30(2)24-7-5-6-8-25(24)32(18-21-16-23(33(36)37)12-13-26(21)34)28(30)14-10-20-15-19-9-11-22(31(3)4)17-27(19)38-29(20)35/h5-17H,18H2,1-4H3/p+1. The van der Waals surface area contributed by atoms with Crippen LogP contribution >= 0.6 is 0 Å². The maximum Gasteiger partial charge on any atom is 0.343 e. The van der Waals surface area contributed by atoms with E-state index in [9.17, 15) is 20.0 Å². The summed E-state index contributed by atoms with van der Waals surface area (Å²) in [5.74, 6) is -0.0200. The van der Waals surface area contributed by atoms with Crippen molar-refractivity contribution in [3.63, 3.8) is 0 Å². The molecule has 0 fully saturated rings. The molecular weight excluding hydrogens is 482 g/mol. The summed E-state index contributed by atoms with van der Waals surface area (Å²) < 4.78 is 7.66.